The minimum atomic E-state index is -0.952. The molecule has 0 amide bonds. The molecule has 118 valence electrons. The number of anilines is 1. The SMILES string of the molecule is OC1(c2ccc(Br)cc2)CN(c2ccccc2)C2=[N+]1CCCC2. The van der Waals surface area contributed by atoms with Crippen LogP contribution in [0.25, 0.3) is 0 Å². The Morgan fingerprint density at radius 2 is 1.74 bits per heavy atom. The molecule has 0 fully saturated rings. The summed E-state index contributed by atoms with van der Waals surface area (Å²) in [5, 5.41) is 11.5. The molecule has 1 unspecified atom stereocenters. The van der Waals surface area contributed by atoms with Gasteiger partial charge >= 0.3 is 0 Å². The van der Waals surface area contributed by atoms with Gasteiger partial charge in [-0.2, -0.15) is 0 Å². The molecule has 0 saturated carbocycles. The van der Waals surface area contributed by atoms with Gasteiger partial charge in [-0.3, -0.25) is 0 Å². The maximum absolute atomic E-state index is 11.5. The summed E-state index contributed by atoms with van der Waals surface area (Å²) in [7, 11) is 0. The zero-order chi connectivity index (χ0) is 15.9. The highest BCUT2D eigenvalue weighted by atomic mass is 79.9. The molecular weight excluding hydrogens is 352 g/mol. The molecule has 2 aliphatic heterocycles. The molecule has 2 aromatic rings. The Labute approximate surface area is 145 Å². The number of rotatable bonds is 2. The lowest BCUT2D eigenvalue weighted by molar-refractivity contribution is -0.661. The fourth-order valence-electron chi connectivity index (χ4n) is 3.71. The number of para-hydroxylation sites is 1. The Morgan fingerprint density at radius 3 is 2.48 bits per heavy atom. The van der Waals surface area contributed by atoms with Crippen molar-refractivity contribution in [3.05, 3.63) is 64.6 Å². The van der Waals surface area contributed by atoms with Gasteiger partial charge in [0.2, 0.25) is 0 Å². The molecule has 23 heavy (non-hydrogen) atoms. The molecule has 0 radical (unpaired) electrons. The molecule has 2 aliphatic rings. The summed E-state index contributed by atoms with van der Waals surface area (Å²) in [6, 6.07) is 18.4. The van der Waals surface area contributed by atoms with Crippen molar-refractivity contribution in [2.75, 3.05) is 18.0 Å². The topological polar surface area (TPSA) is 26.5 Å². The Morgan fingerprint density at radius 1 is 1.00 bits per heavy atom. The van der Waals surface area contributed by atoms with E-state index >= 15 is 0 Å². The number of hydrogen-bond donors (Lipinski definition) is 1. The highest BCUT2D eigenvalue weighted by Crippen LogP contribution is 2.35. The third-order valence-corrected chi connectivity index (χ3v) is 5.38. The largest absolute Gasteiger partial charge is 0.346 e. The summed E-state index contributed by atoms with van der Waals surface area (Å²) >= 11 is 3.48. The smallest absolute Gasteiger partial charge is 0.271 e. The third-order valence-electron chi connectivity index (χ3n) is 4.85. The fourth-order valence-corrected chi connectivity index (χ4v) is 3.97. The number of aliphatic hydroxyl groups is 1. The van der Waals surface area contributed by atoms with Gasteiger partial charge in [-0.05, 0) is 37.1 Å². The van der Waals surface area contributed by atoms with Crippen LogP contribution in [0.15, 0.2) is 59.1 Å². The number of hydrogen-bond acceptors (Lipinski definition) is 2. The summed E-state index contributed by atoms with van der Waals surface area (Å²) in [6.07, 6.45) is 3.34. The molecule has 2 aromatic carbocycles. The van der Waals surface area contributed by atoms with E-state index in [-0.39, 0.29) is 0 Å². The van der Waals surface area contributed by atoms with Crippen LogP contribution in [0.3, 0.4) is 0 Å². The number of β-amino-alcohol motifs (C(OH)–C–C–N with tert-alkyl or cyclic N) is 1. The standard InChI is InChI=1S/C19H20BrN2O/c20-16-11-9-15(10-12-16)19(23)14-21(17-6-2-1-3-7-17)18-8-4-5-13-22(18)19/h1-3,6-7,9-12,23H,4-5,8,13-14H2/q+1. The van der Waals surface area contributed by atoms with E-state index in [1.54, 1.807) is 0 Å². The van der Waals surface area contributed by atoms with Crippen molar-refractivity contribution in [3.8, 4) is 0 Å². The number of benzene rings is 2. The minimum absolute atomic E-state index is 0.577. The van der Waals surface area contributed by atoms with Crippen LogP contribution < -0.4 is 4.90 Å². The van der Waals surface area contributed by atoms with Gasteiger partial charge in [0.25, 0.3) is 11.6 Å². The maximum atomic E-state index is 11.5. The first kappa shape index (κ1) is 14.9. The van der Waals surface area contributed by atoms with Crippen LogP contribution in [0.5, 0.6) is 0 Å². The average molecular weight is 372 g/mol. The molecule has 0 bridgehead atoms. The van der Waals surface area contributed by atoms with Crippen molar-refractivity contribution in [3.63, 3.8) is 0 Å². The van der Waals surface area contributed by atoms with Crippen LogP contribution in [0.1, 0.15) is 24.8 Å². The number of nitrogens with zero attached hydrogens (tertiary/aromatic N) is 2. The van der Waals surface area contributed by atoms with Crippen LogP contribution in [-0.2, 0) is 5.72 Å². The van der Waals surface area contributed by atoms with E-state index in [1.165, 1.54) is 12.3 Å². The van der Waals surface area contributed by atoms with E-state index in [9.17, 15) is 5.11 Å². The summed E-state index contributed by atoms with van der Waals surface area (Å²) < 4.78 is 3.23. The summed E-state index contributed by atoms with van der Waals surface area (Å²) in [4.78, 5) is 2.28. The summed E-state index contributed by atoms with van der Waals surface area (Å²) in [5.41, 5.74) is 1.16. The number of amidine groups is 1. The molecule has 1 N–H and O–H groups in total. The van der Waals surface area contributed by atoms with Crippen LogP contribution in [0, 0.1) is 0 Å². The van der Waals surface area contributed by atoms with E-state index in [4.69, 9.17) is 0 Å². The van der Waals surface area contributed by atoms with Crippen molar-refractivity contribution in [1.29, 1.82) is 0 Å². The highest BCUT2D eigenvalue weighted by Gasteiger charge is 2.52. The Bertz CT molecular complexity index is 742. The normalized spacial score (nSPS) is 24.0. The lowest BCUT2D eigenvalue weighted by Gasteiger charge is -2.24. The molecule has 0 aromatic heterocycles. The third kappa shape index (κ3) is 2.50. The summed E-state index contributed by atoms with van der Waals surface area (Å²) in [6.45, 7) is 1.49. The molecule has 3 nitrogen and oxygen atoms in total. The Balaban J connectivity index is 1.80. The van der Waals surface area contributed by atoms with E-state index in [0.29, 0.717) is 6.54 Å². The van der Waals surface area contributed by atoms with Gasteiger partial charge < -0.3 is 5.11 Å². The van der Waals surface area contributed by atoms with Crippen LogP contribution in [-0.4, -0.2) is 28.6 Å². The van der Waals surface area contributed by atoms with Gasteiger partial charge in [0.1, 0.15) is 5.69 Å². The van der Waals surface area contributed by atoms with Crippen molar-refractivity contribution in [2.24, 2.45) is 0 Å². The lowest BCUT2D eigenvalue weighted by Crippen LogP contribution is -2.41. The fraction of sp³-hybridized carbons (Fsp3) is 0.316. The first-order chi connectivity index (χ1) is 11.2. The van der Waals surface area contributed by atoms with Crippen LogP contribution in [0.2, 0.25) is 0 Å². The predicted octanol–water partition coefficient (Wildman–Crippen LogP) is 3.71. The van der Waals surface area contributed by atoms with Gasteiger partial charge in [-0.15, -0.1) is 0 Å². The van der Waals surface area contributed by atoms with Crippen molar-refractivity contribution < 1.29 is 9.68 Å². The molecular formula is C19H20BrN2O+. The van der Waals surface area contributed by atoms with Gasteiger partial charge in [0.05, 0.1) is 6.54 Å². The Kier molecular flexibility index (Phi) is 3.74. The van der Waals surface area contributed by atoms with Crippen LogP contribution >= 0.6 is 15.9 Å². The molecule has 2 heterocycles. The van der Waals surface area contributed by atoms with Gasteiger partial charge in [0.15, 0.2) is 6.54 Å². The molecule has 0 spiro atoms. The monoisotopic (exact) mass is 371 g/mol. The van der Waals surface area contributed by atoms with E-state index < -0.39 is 5.72 Å². The molecule has 4 rings (SSSR count). The van der Waals surface area contributed by atoms with Gasteiger partial charge in [-0.25, -0.2) is 9.48 Å². The molecule has 0 saturated heterocycles. The minimum Gasteiger partial charge on any atom is -0.346 e. The summed E-state index contributed by atoms with van der Waals surface area (Å²) in [5.74, 6) is 1.24. The Hall–Kier alpha value is -1.65. The van der Waals surface area contributed by atoms with E-state index in [0.717, 1.165) is 35.1 Å². The van der Waals surface area contributed by atoms with Gasteiger partial charge in [0, 0.05) is 16.5 Å². The van der Waals surface area contributed by atoms with Crippen molar-refractivity contribution in [1.82, 2.24) is 0 Å². The first-order valence-electron chi connectivity index (χ1n) is 8.13. The second-order valence-corrected chi connectivity index (χ2v) is 7.19. The molecule has 1 atom stereocenters. The lowest BCUT2D eigenvalue weighted by atomic mass is 10.0. The molecule has 0 aliphatic carbocycles. The zero-order valence-corrected chi connectivity index (χ0v) is 14.5. The van der Waals surface area contributed by atoms with Crippen molar-refractivity contribution in [2.45, 2.75) is 25.0 Å². The van der Waals surface area contributed by atoms with E-state index in [2.05, 4.69) is 49.7 Å². The second-order valence-electron chi connectivity index (χ2n) is 6.27. The quantitative estimate of drug-likeness (QED) is 0.814. The second kappa shape index (κ2) is 5.77. The van der Waals surface area contributed by atoms with Crippen molar-refractivity contribution >= 4 is 27.5 Å². The van der Waals surface area contributed by atoms with Gasteiger partial charge in [-0.1, -0.05) is 46.3 Å². The average Bonchev–Trinajstić information content (AvgIpc) is 2.91. The number of halogens is 1. The maximum Gasteiger partial charge on any atom is 0.271 e. The predicted molar refractivity (Wildman–Crippen MR) is 95.8 cm³/mol. The first-order valence-corrected chi connectivity index (χ1v) is 8.92. The highest BCUT2D eigenvalue weighted by molar-refractivity contribution is 9.10. The molecule has 4 heteroatoms. The van der Waals surface area contributed by atoms with E-state index in [1.807, 2.05) is 30.3 Å². The van der Waals surface area contributed by atoms with Crippen LogP contribution in [0.4, 0.5) is 5.69 Å². The zero-order valence-electron chi connectivity index (χ0n) is 13.0.